The number of hydrogen-bond donors (Lipinski definition) is 1. The molecular formula is C23H24ClN3O2. The number of carbonyl (C=O) groups is 1. The molecule has 0 aliphatic carbocycles. The Morgan fingerprint density at radius 1 is 1.24 bits per heavy atom. The number of aromatic amines is 1. The number of nitrogens with zero attached hydrogens (tertiary/aromatic N) is 2. The zero-order valence-corrected chi connectivity index (χ0v) is 17.4. The number of hydrogen-bond acceptors (Lipinski definition) is 3. The average molecular weight is 410 g/mol. The van der Waals surface area contributed by atoms with Crippen molar-refractivity contribution in [3.63, 3.8) is 0 Å². The van der Waals surface area contributed by atoms with Crippen LogP contribution in [0.3, 0.4) is 0 Å². The van der Waals surface area contributed by atoms with E-state index in [9.17, 15) is 4.79 Å². The number of rotatable bonds is 5. The summed E-state index contributed by atoms with van der Waals surface area (Å²) in [6.07, 6.45) is 0.754. The maximum absolute atomic E-state index is 12.8. The van der Waals surface area contributed by atoms with Crippen LogP contribution < -0.4 is 4.74 Å². The minimum absolute atomic E-state index is 0.0196. The molecule has 0 unspecified atom stereocenters. The van der Waals surface area contributed by atoms with Crippen molar-refractivity contribution >= 4 is 17.5 Å². The zero-order chi connectivity index (χ0) is 20.4. The molecule has 1 amide bonds. The second-order valence-corrected chi connectivity index (χ2v) is 8.05. The third-order valence-corrected chi connectivity index (χ3v) is 5.54. The van der Waals surface area contributed by atoms with Gasteiger partial charge < -0.3 is 9.64 Å². The first-order chi connectivity index (χ1) is 14.0. The molecule has 2 heterocycles. The van der Waals surface area contributed by atoms with Crippen molar-refractivity contribution in [3.8, 4) is 17.0 Å². The van der Waals surface area contributed by atoms with Crippen LogP contribution in [0, 0.1) is 0 Å². The van der Waals surface area contributed by atoms with Crippen molar-refractivity contribution in [2.24, 2.45) is 0 Å². The van der Waals surface area contributed by atoms with E-state index < -0.39 is 0 Å². The number of fused-ring (bicyclic) bond motifs is 1. The summed E-state index contributed by atoms with van der Waals surface area (Å²) in [5.74, 6) is 1.13. The summed E-state index contributed by atoms with van der Waals surface area (Å²) < 4.78 is 5.78. The molecule has 6 heteroatoms. The maximum Gasteiger partial charge on any atom is 0.260 e. The number of carbonyl (C=O) groups excluding carboxylic acids is 1. The zero-order valence-electron chi connectivity index (χ0n) is 16.6. The van der Waals surface area contributed by atoms with Gasteiger partial charge in [0.05, 0.1) is 5.69 Å². The lowest BCUT2D eigenvalue weighted by molar-refractivity contribution is -0.134. The van der Waals surface area contributed by atoms with Crippen LogP contribution in [0.15, 0.2) is 48.5 Å². The topological polar surface area (TPSA) is 58.2 Å². The van der Waals surface area contributed by atoms with Crippen LogP contribution in [0.4, 0.5) is 0 Å². The monoisotopic (exact) mass is 409 g/mol. The standard InChI is InChI=1S/C23H24ClN3O2/c1-15(2)17-4-3-5-19(12-17)29-14-22(28)27-11-10-21-20(13-27)23(26-25-21)16-6-8-18(24)9-7-16/h3-9,12,15H,10-11,13-14H2,1-2H3,(H,25,26). The summed E-state index contributed by atoms with van der Waals surface area (Å²) in [7, 11) is 0. The highest BCUT2D eigenvalue weighted by Crippen LogP contribution is 2.29. The molecule has 0 saturated carbocycles. The molecule has 1 aromatic heterocycles. The predicted octanol–water partition coefficient (Wildman–Crippen LogP) is 4.82. The fourth-order valence-electron chi connectivity index (χ4n) is 3.55. The molecule has 3 aromatic rings. The van der Waals surface area contributed by atoms with Gasteiger partial charge in [0, 0.05) is 41.4 Å². The van der Waals surface area contributed by atoms with Crippen LogP contribution in [-0.4, -0.2) is 34.2 Å². The van der Waals surface area contributed by atoms with E-state index in [4.69, 9.17) is 16.3 Å². The van der Waals surface area contributed by atoms with Gasteiger partial charge in [0.1, 0.15) is 5.75 Å². The first-order valence-corrected chi connectivity index (χ1v) is 10.2. The van der Waals surface area contributed by atoms with Crippen molar-refractivity contribution < 1.29 is 9.53 Å². The van der Waals surface area contributed by atoms with E-state index in [2.05, 4.69) is 30.1 Å². The van der Waals surface area contributed by atoms with Crippen LogP contribution in [0.1, 0.15) is 36.6 Å². The molecule has 4 rings (SSSR count). The Kier molecular flexibility index (Phi) is 5.58. The summed E-state index contributed by atoms with van der Waals surface area (Å²) in [4.78, 5) is 14.6. The Hall–Kier alpha value is -2.79. The van der Waals surface area contributed by atoms with Gasteiger partial charge in [0.25, 0.3) is 5.91 Å². The number of ether oxygens (including phenoxy) is 1. The number of nitrogens with one attached hydrogen (secondary N) is 1. The molecule has 1 aliphatic heterocycles. The molecule has 0 radical (unpaired) electrons. The summed E-state index contributed by atoms with van der Waals surface area (Å²) in [5, 5.41) is 8.28. The molecule has 0 fully saturated rings. The Bertz CT molecular complexity index is 1010. The van der Waals surface area contributed by atoms with Gasteiger partial charge in [-0.15, -0.1) is 0 Å². The largest absolute Gasteiger partial charge is 0.484 e. The number of H-pyrrole nitrogens is 1. The molecule has 1 aliphatic rings. The van der Waals surface area contributed by atoms with Crippen molar-refractivity contribution in [2.75, 3.05) is 13.2 Å². The van der Waals surface area contributed by atoms with Gasteiger partial charge in [-0.3, -0.25) is 9.89 Å². The molecule has 1 N–H and O–H groups in total. The van der Waals surface area contributed by atoms with E-state index in [1.54, 1.807) is 0 Å². The van der Waals surface area contributed by atoms with Gasteiger partial charge in [0.15, 0.2) is 6.61 Å². The number of halogens is 1. The lowest BCUT2D eigenvalue weighted by Gasteiger charge is -2.27. The Balaban J connectivity index is 1.44. The van der Waals surface area contributed by atoms with E-state index in [0.717, 1.165) is 34.7 Å². The van der Waals surface area contributed by atoms with Gasteiger partial charge in [-0.05, 0) is 35.7 Å². The normalized spacial score (nSPS) is 13.4. The molecule has 0 bridgehead atoms. The van der Waals surface area contributed by atoms with Crippen molar-refractivity contribution in [1.29, 1.82) is 0 Å². The third-order valence-electron chi connectivity index (χ3n) is 5.29. The summed E-state index contributed by atoms with van der Waals surface area (Å²) >= 11 is 6.00. The highest BCUT2D eigenvalue weighted by Gasteiger charge is 2.26. The molecule has 5 nitrogen and oxygen atoms in total. The Morgan fingerprint density at radius 2 is 2.03 bits per heavy atom. The maximum atomic E-state index is 12.8. The summed E-state index contributed by atoms with van der Waals surface area (Å²) in [5.41, 5.74) is 5.21. The van der Waals surface area contributed by atoms with Gasteiger partial charge in [-0.1, -0.05) is 49.7 Å². The predicted molar refractivity (Wildman–Crippen MR) is 114 cm³/mol. The second-order valence-electron chi connectivity index (χ2n) is 7.62. The number of aromatic nitrogens is 2. The Morgan fingerprint density at radius 3 is 2.79 bits per heavy atom. The lowest BCUT2D eigenvalue weighted by atomic mass is 10.0. The lowest BCUT2D eigenvalue weighted by Crippen LogP contribution is -2.38. The van der Waals surface area contributed by atoms with Gasteiger partial charge in [-0.2, -0.15) is 5.10 Å². The van der Waals surface area contributed by atoms with Crippen molar-refractivity contribution in [2.45, 2.75) is 32.7 Å². The molecule has 150 valence electrons. The minimum Gasteiger partial charge on any atom is -0.484 e. The fourth-order valence-corrected chi connectivity index (χ4v) is 3.68. The molecular weight excluding hydrogens is 386 g/mol. The molecule has 29 heavy (non-hydrogen) atoms. The SMILES string of the molecule is CC(C)c1cccc(OCC(=O)N2CCc3[nH]nc(-c4ccc(Cl)cc4)c3C2)c1. The molecule has 2 aromatic carbocycles. The van der Waals surface area contributed by atoms with Crippen LogP contribution in [0.5, 0.6) is 5.75 Å². The first kappa shape index (κ1) is 19.5. The van der Waals surface area contributed by atoms with E-state index in [-0.39, 0.29) is 12.5 Å². The average Bonchev–Trinajstić information content (AvgIpc) is 3.16. The van der Waals surface area contributed by atoms with Crippen LogP contribution in [0.25, 0.3) is 11.3 Å². The quantitative estimate of drug-likeness (QED) is 0.657. The van der Waals surface area contributed by atoms with Crippen LogP contribution >= 0.6 is 11.6 Å². The third kappa shape index (κ3) is 4.30. The molecule has 0 saturated heterocycles. The van der Waals surface area contributed by atoms with E-state index in [0.29, 0.717) is 24.0 Å². The highest BCUT2D eigenvalue weighted by atomic mass is 35.5. The minimum atomic E-state index is -0.0196. The summed E-state index contributed by atoms with van der Waals surface area (Å²) in [6.45, 7) is 5.49. The van der Waals surface area contributed by atoms with E-state index >= 15 is 0 Å². The smallest absolute Gasteiger partial charge is 0.260 e. The molecule has 0 spiro atoms. The van der Waals surface area contributed by atoms with Crippen molar-refractivity contribution in [3.05, 3.63) is 70.4 Å². The fraction of sp³-hybridized carbons (Fsp3) is 0.304. The van der Waals surface area contributed by atoms with Crippen LogP contribution in [-0.2, 0) is 17.8 Å². The molecule has 0 atom stereocenters. The van der Waals surface area contributed by atoms with Gasteiger partial charge in [0.2, 0.25) is 0 Å². The number of amides is 1. The van der Waals surface area contributed by atoms with E-state index in [1.807, 2.05) is 47.4 Å². The first-order valence-electron chi connectivity index (χ1n) is 9.84. The number of benzene rings is 2. The summed E-state index contributed by atoms with van der Waals surface area (Å²) in [6, 6.07) is 15.5. The van der Waals surface area contributed by atoms with Crippen LogP contribution in [0.2, 0.25) is 5.02 Å². The van der Waals surface area contributed by atoms with Gasteiger partial charge in [-0.25, -0.2) is 0 Å². The second kappa shape index (κ2) is 8.29. The van der Waals surface area contributed by atoms with Gasteiger partial charge >= 0.3 is 0 Å². The highest BCUT2D eigenvalue weighted by molar-refractivity contribution is 6.30. The van der Waals surface area contributed by atoms with Crippen molar-refractivity contribution in [1.82, 2.24) is 15.1 Å². The Labute approximate surface area is 175 Å². The van der Waals surface area contributed by atoms with E-state index in [1.165, 1.54) is 5.56 Å².